The zero-order valence-corrected chi connectivity index (χ0v) is 16.2. The summed E-state index contributed by atoms with van der Waals surface area (Å²) in [5.41, 5.74) is 1.20. The van der Waals surface area contributed by atoms with Crippen LogP contribution in [0.2, 0.25) is 0 Å². The lowest BCUT2D eigenvalue weighted by Crippen LogP contribution is -2.49. The highest BCUT2D eigenvalue weighted by molar-refractivity contribution is 7.14. The van der Waals surface area contributed by atoms with Crippen LogP contribution in [0.3, 0.4) is 0 Å². The van der Waals surface area contributed by atoms with Crippen LogP contribution >= 0.6 is 11.3 Å². The first-order valence-electron chi connectivity index (χ1n) is 9.22. The molecule has 1 aliphatic heterocycles. The van der Waals surface area contributed by atoms with E-state index in [4.69, 9.17) is 4.74 Å². The number of ether oxygens (including phenoxy) is 1. The molecule has 0 spiro atoms. The lowest BCUT2D eigenvalue weighted by Gasteiger charge is -2.33. The fourth-order valence-electron chi connectivity index (χ4n) is 3.09. The first kappa shape index (κ1) is 18.7. The van der Waals surface area contributed by atoms with Gasteiger partial charge in [-0.3, -0.25) is 4.99 Å². The van der Waals surface area contributed by atoms with Crippen molar-refractivity contribution in [1.29, 1.82) is 0 Å². The van der Waals surface area contributed by atoms with E-state index in [9.17, 15) is 0 Å². The minimum atomic E-state index is 0.475. The lowest BCUT2D eigenvalue weighted by atomic mass is 10.1. The van der Waals surface area contributed by atoms with Crippen molar-refractivity contribution in [3.05, 3.63) is 53.4 Å². The van der Waals surface area contributed by atoms with Gasteiger partial charge in [0, 0.05) is 32.7 Å². The van der Waals surface area contributed by atoms with E-state index in [2.05, 4.69) is 50.2 Å². The number of benzene rings is 1. The van der Waals surface area contributed by atoms with E-state index in [1.54, 1.807) is 0 Å². The SMILES string of the molecule is CN=C(NCCOCc1ccccc1)NC1CCN(c2cccs2)CC1. The van der Waals surface area contributed by atoms with Crippen LogP contribution in [0.1, 0.15) is 18.4 Å². The van der Waals surface area contributed by atoms with Crippen LogP contribution in [0.5, 0.6) is 0 Å². The van der Waals surface area contributed by atoms with E-state index in [1.807, 2.05) is 36.6 Å². The van der Waals surface area contributed by atoms with Crippen LogP contribution in [-0.4, -0.2) is 45.3 Å². The van der Waals surface area contributed by atoms with Crippen molar-refractivity contribution in [2.75, 3.05) is 38.2 Å². The van der Waals surface area contributed by atoms with Gasteiger partial charge in [-0.1, -0.05) is 30.3 Å². The highest BCUT2D eigenvalue weighted by Gasteiger charge is 2.20. The van der Waals surface area contributed by atoms with Gasteiger partial charge in [-0.25, -0.2) is 0 Å². The van der Waals surface area contributed by atoms with Gasteiger partial charge in [0.1, 0.15) is 0 Å². The molecule has 2 aromatic rings. The smallest absolute Gasteiger partial charge is 0.191 e. The minimum absolute atomic E-state index is 0.475. The van der Waals surface area contributed by atoms with Crippen LogP contribution in [-0.2, 0) is 11.3 Å². The number of rotatable bonds is 7. The summed E-state index contributed by atoms with van der Waals surface area (Å²) in [5.74, 6) is 0.864. The van der Waals surface area contributed by atoms with Crippen molar-refractivity contribution in [3.8, 4) is 0 Å². The van der Waals surface area contributed by atoms with Gasteiger partial charge in [0.2, 0.25) is 0 Å². The van der Waals surface area contributed by atoms with Crippen molar-refractivity contribution in [2.45, 2.75) is 25.5 Å². The molecule has 0 unspecified atom stereocenters. The molecule has 1 aliphatic rings. The average Bonchev–Trinajstić information content (AvgIpc) is 3.23. The summed E-state index contributed by atoms with van der Waals surface area (Å²) in [7, 11) is 1.82. The first-order valence-corrected chi connectivity index (χ1v) is 10.1. The van der Waals surface area contributed by atoms with Gasteiger partial charge >= 0.3 is 0 Å². The Bertz CT molecular complexity index is 652. The van der Waals surface area contributed by atoms with Gasteiger partial charge in [0.25, 0.3) is 0 Å². The topological polar surface area (TPSA) is 48.9 Å². The van der Waals surface area contributed by atoms with Crippen LogP contribution in [0, 0.1) is 0 Å². The zero-order valence-electron chi connectivity index (χ0n) is 15.4. The van der Waals surface area contributed by atoms with Gasteiger partial charge in [-0.05, 0) is 35.9 Å². The highest BCUT2D eigenvalue weighted by atomic mass is 32.1. The summed E-state index contributed by atoms with van der Waals surface area (Å²) in [6, 6.07) is 15.0. The normalized spacial score (nSPS) is 15.9. The predicted molar refractivity (Wildman–Crippen MR) is 110 cm³/mol. The minimum Gasteiger partial charge on any atom is -0.375 e. The number of nitrogens with one attached hydrogen (secondary N) is 2. The second-order valence-corrected chi connectivity index (χ2v) is 7.32. The van der Waals surface area contributed by atoms with Crippen molar-refractivity contribution >= 4 is 22.3 Å². The Morgan fingerprint density at radius 1 is 1.19 bits per heavy atom. The van der Waals surface area contributed by atoms with Crippen molar-refractivity contribution in [2.24, 2.45) is 4.99 Å². The molecule has 5 nitrogen and oxygen atoms in total. The quantitative estimate of drug-likeness (QED) is 0.445. The molecule has 0 amide bonds. The number of hydrogen-bond acceptors (Lipinski definition) is 4. The van der Waals surface area contributed by atoms with E-state index in [0.717, 1.165) is 38.4 Å². The number of aliphatic imine (C=N–C) groups is 1. The van der Waals surface area contributed by atoms with Crippen LogP contribution in [0.25, 0.3) is 0 Å². The predicted octanol–water partition coefficient (Wildman–Crippen LogP) is 3.10. The van der Waals surface area contributed by atoms with E-state index >= 15 is 0 Å². The van der Waals surface area contributed by atoms with Gasteiger partial charge in [0.05, 0.1) is 18.2 Å². The Morgan fingerprint density at radius 2 is 2.00 bits per heavy atom. The third kappa shape index (κ3) is 5.75. The third-order valence-electron chi connectivity index (χ3n) is 4.53. The van der Waals surface area contributed by atoms with Crippen LogP contribution in [0.4, 0.5) is 5.00 Å². The summed E-state index contributed by atoms with van der Waals surface area (Å²) in [6.45, 7) is 4.24. The Hall–Kier alpha value is -2.05. The van der Waals surface area contributed by atoms with Gasteiger partial charge < -0.3 is 20.3 Å². The number of nitrogens with zero attached hydrogens (tertiary/aromatic N) is 2. The number of hydrogen-bond donors (Lipinski definition) is 2. The highest BCUT2D eigenvalue weighted by Crippen LogP contribution is 2.24. The molecule has 0 saturated carbocycles. The molecule has 1 aromatic carbocycles. The largest absolute Gasteiger partial charge is 0.375 e. The molecule has 1 fully saturated rings. The van der Waals surface area contributed by atoms with Crippen LogP contribution < -0.4 is 15.5 Å². The lowest BCUT2D eigenvalue weighted by molar-refractivity contribution is 0.125. The molecule has 140 valence electrons. The summed E-state index contributed by atoms with van der Waals surface area (Å²) >= 11 is 1.82. The fraction of sp³-hybridized carbons (Fsp3) is 0.450. The van der Waals surface area contributed by atoms with Gasteiger partial charge in [0.15, 0.2) is 5.96 Å². The summed E-state index contributed by atoms with van der Waals surface area (Å²) < 4.78 is 5.71. The number of anilines is 1. The Kier molecular flexibility index (Phi) is 7.34. The standard InChI is InChI=1S/C20H28N4OS/c1-21-20(22-11-14-25-16-17-6-3-2-4-7-17)23-18-9-12-24(13-10-18)19-8-5-15-26-19/h2-8,15,18H,9-14,16H2,1H3,(H2,21,22,23). The Labute approximate surface area is 160 Å². The third-order valence-corrected chi connectivity index (χ3v) is 5.46. The first-order chi connectivity index (χ1) is 12.8. The maximum Gasteiger partial charge on any atom is 0.191 e. The molecule has 26 heavy (non-hydrogen) atoms. The number of guanidine groups is 1. The monoisotopic (exact) mass is 372 g/mol. The Morgan fingerprint density at radius 3 is 2.69 bits per heavy atom. The fourth-order valence-corrected chi connectivity index (χ4v) is 3.87. The molecule has 0 bridgehead atoms. The maximum absolute atomic E-state index is 5.71. The molecule has 1 saturated heterocycles. The van der Waals surface area contributed by atoms with Crippen molar-refractivity contribution in [3.63, 3.8) is 0 Å². The molecule has 0 radical (unpaired) electrons. The van der Waals surface area contributed by atoms with Crippen molar-refractivity contribution in [1.82, 2.24) is 10.6 Å². The average molecular weight is 373 g/mol. The molecule has 0 atom stereocenters. The molecule has 0 aliphatic carbocycles. The summed E-state index contributed by atoms with van der Waals surface area (Å²) in [4.78, 5) is 6.80. The molecular weight excluding hydrogens is 344 g/mol. The Balaban J connectivity index is 1.31. The molecular formula is C20H28N4OS. The maximum atomic E-state index is 5.71. The molecule has 1 aromatic heterocycles. The second kappa shape index (κ2) is 10.2. The van der Waals surface area contributed by atoms with Gasteiger partial charge in [-0.15, -0.1) is 11.3 Å². The number of piperidine rings is 1. The second-order valence-electron chi connectivity index (χ2n) is 6.39. The summed E-state index contributed by atoms with van der Waals surface area (Å²) in [6.07, 6.45) is 2.26. The van der Waals surface area contributed by atoms with E-state index in [0.29, 0.717) is 19.3 Å². The zero-order chi connectivity index (χ0) is 18.0. The van der Waals surface area contributed by atoms with E-state index in [1.165, 1.54) is 10.6 Å². The number of thiophene rings is 1. The van der Waals surface area contributed by atoms with Crippen LogP contribution in [0.15, 0.2) is 52.8 Å². The van der Waals surface area contributed by atoms with Crippen molar-refractivity contribution < 1.29 is 4.74 Å². The molecule has 2 N–H and O–H groups in total. The van der Waals surface area contributed by atoms with E-state index < -0.39 is 0 Å². The summed E-state index contributed by atoms with van der Waals surface area (Å²) in [5, 5.41) is 10.4. The molecule has 6 heteroatoms. The van der Waals surface area contributed by atoms with E-state index in [-0.39, 0.29) is 0 Å². The molecule has 3 rings (SSSR count). The molecule has 2 heterocycles. The van der Waals surface area contributed by atoms with Gasteiger partial charge in [-0.2, -0.15) is 0 Å².